The molecule has 1 heterocycles. The molecule has 0 aliphatic heterocycles. The first-order valence-corrected chi connectivity index (χ1v) is 5.54. The van der Waals surface area contributed by atoms with Crippen LogP contribution in [0.4, 0.5) is 30.5 Å². The second kappa shape index (κ2) is 5.13. The van der Waals surface area contributed by atoms with Gasteiger partial charge in [-0.25, -0.2) is 23.1 Å². The number of halogens is 3. The largest absolute Gasteiger partial charge is 0.384 e. The number of aryl methyl sites for hydroxylation is 1. The van der Waals surface area contributed by atoms with E-state index >= 15 is 0 Å². The Morgan fingerprint density at radius 1 is 1.16 bits per heavy atom. The van der Waals surface area contributed by atoms with E-state index in [0.717, 1.165) is 6.07 Å². The predicted octanol–water partition coefficient (Wildman–Crippen LogP) is 2.78. The molecule has 0 aliphatic carbocycles. The lowest BCUT2D eigenvalue weighted by Gasteiger charge is -2.09. The van der Waals surface area contributed by atoms with Gasteiger partial charge in [-0.15, -0.1) is 0 Å². The average molecular weight is 268 g/mol. The van der Waals surface area contributed by atoms with Gasteiger partial charge < -0.3 is 11.1 Å². The second-order valence-corrected chi connectivity index (χ2v) is 3.82. The van der Waals surface area contributed by atoms with Gasteiger partial charge >= 0.3 is 0 Å². The number of anilines is 3. The first-order valence-electron chi connectivity index (χ1n) is 5.54. The normalized spacial score (nSPS) is 10.5. The van der Waals surface area contributed by atoms with Gasteiger partial charge in [0.05, 0.1) is 5.69 Å². The van der Waals surface area contributed by atoms with Gasteiger partial charge in [0.25, 0.3) is 0 Å². The van der Waals surface area contributed by atoms with Crippen LogP contribution < -0.4 is 11.1 Å². The molecule has 3 N–H and O–H groups in total. The van der Waals surface area contributed by atoms with Crippen LogP contribution in [0.25, 0.3) is 0 Å². The maximum atomic E-state index is 13.5. The van der Waals surface area contributed by atoms with Gasteiger partial charge in [0.2, 0.25) is 0 Å². The van der Waals surface area contributed by atoms with Gasteiger partial charge in [0.1, 0.15) is 23.3 Å². The monoisotopic (exact) mass is 268 g/mol. The molecule has 19 heavy (non-hydrogen) atoms. The van der Waals surface area contributed by atoms with Crippen molar-refractivity contribution in [2.24, 2.45) is 0 Å². The maximum Gasteiger partial charge on any atom is 0.182 e. The molecule has 2 aromatic rings. The number of nitrogens with one attached hydrogen (secondary N) is 1. The minimum Gasteiger partial charge on any atom is -0.384 e. The van der Waals surface area contributed by atoms with Crippen LogP contribution in [0.3, 0.4) is 0 Å². The van der Waals surface area contributed by atoms with E-state index in [4.69, 9.17) is 5.73 Å². The number of nitrogen functional groups attached to an aromatic ring is 1. The van der Waals surface area contributed by atoms with E-state index in [9.17, 15) is 13.2 Å². The Labute approximate surface area is 107 Å². The summed E-state index contributed by atoms with van der Waals surface area (Å²) in [6.45, 7) is 1.82. The summed E-state index contributed by atoms with van der Waals surface area (Å²) in [6, 6.07) is 2.65. The predicted molar refractivity (Wildman–Crippen MR) is 65.4 cm³/mol. The summed E-state index contributed by atoms with van der Waals surface area (Å²) in [5.74, 6) is -2.55. The molecule has 0 fully saturated rings. The Balaban J connectivity index is 2.38. The highest BCUT2D eigenvalue weighted by Crippen LogP contribution is 2.23. The highest BCUT2D eigenvalue weighted by molar-refractivity contribution is 5.59. The van der Waals surface area contributed by atoms with Crippen LogP contribution in [0, 0.1) is 17.5 Å². The summed E-state index contributed by atoms with van der Waals surface area (Å²) in [4.78, 5) is 7.97. The highest BCUT2D eigenvalue weighted by atomic mass is 19.2. The highest BCUT2D eigenvalue weighted by Gasteiger charge is 2.12. The molecule has 1 aromatic carbocycles. The van der Waals surface area contributed by atoms with Crippen molar-refractivity contribution in [1.82, 2.24) is 9.97 Å². The topological polar surface area (TPSA) is 63.8 Å². The van der Waals surface area contributed by atoms with E-state index in [1.807, 2.05) is 6.92 Å². The minimum absolute atomic E-state index is 0.174. The Hall–Kier alpha value is -2.31. The molecule has 0 amide bonds. The third-order valence-electron chi connectivity index (χ3n) is 2.36. The Bertz CT molecular complexity index is 616. The molecule has 4 nitrogen and oxygen atoms in total. The summed E-state index contributed by atoms with van der Waals surface area (Å²) < 4.78 is 39.6. The van der Waals surface area contributed by atoms with Crippen LogP contribution in [0.2, 0.25) is 0 Å². The molecule has 0 aliphatic rings. The molecule has 100 valence electrons. The van der Waals surface area contributed by atoms with Gasteiger partial charge in [-0.3, -0.25) is 0 Å². The molecule has 0 atom stereocenters. The van der Waals surface area contributed by atoms with Crippen LogP contribution in [0.15, 0.2) is 18.2 Å². The summed E-state index contributed by atoms with van der Waals surface area (Å²) in [5, 5.41) is 2.48. The molecule has 0 saturated heterocycles. The van der Waals surface area contributed by atoms with Crippen molar-refractivity contribution in [1.29, 1.82) is 0 Å². The number of nitrogens with zero attached hydrogens (tertiary/aromatic N) is 2. The van der Waals surface area contributed by atoms with Crippen LogP contribution in [0.1, 0.15) is 12.7 Å². The van der Waals surface area contributed by atoms with E-state index in [0.29, 0.717) is 18.3 Å². The molecule has 0 saturated carbocycles. The van der Waals surface area contributed by atoms with Crippen molar-refractivity contribution in [3.63, 3.8) is 0 Å². The van der Waals surface area contributed by atoms with Crippen LogP contribution >= 0.6 is 0 Å². The summed E-state index contributed by atoms with van der Waals surface area (Å²) >= 11 is 0. The lowest BCUT2D eigenvalue weighted by atomic mass is 10.2. The zero-order valence-electron chi connectivity index (χ0n) is 10.0. The Morgan fingerprint density at radius 2 is 1.89 bits per heavy atom. The number of benzene rings is 1. The third kappa shape index (κ3) is 2.93. The number of hydrogen-bond donors (Lipinski definition) is 2. The van der Waals surface area contributed by atoms with E-state index in [-0.39, 0.29) is 17.3 Å². The first kappa shape index (κ1) is 13.1. The van der Waals surface area contributed by atoms with Crippen LogP contribution in [-0.2, 0) is 6.42 Å². The fraction of sp³-hybridized carbons (Fsp3) is 0.167. The lowest BCUT2D eigenvalue weighted by Crippen LogP contribution is -2.04. The molecule has 0 unspecified atom stereocenters. The molecule has 1 aromatic heterocycles. The van der Waals surface area contributed by atoms with Gasteiger partial charge in [0, 0.05) is 24.6 Å². The molecular weight excluding hydrogens is 257 g/mol. The van der Waals surface area contributed by atoms with Crippen molar-refractivity contribution >= 4 is 17.3 Å². The molecule has 0 bridgehead atoms. The third-order valence-corrected chi connectivity index (χ3v) is 2.36. The first-order chi connectivity index (χ1) is 8.99. The van der Waals surface area contributed by atoms with Gasteiger partial charge in [-0.2, -0.15) is 0 Å². The number of nitrogens with two attached hydrogens (primary N) is 1. The lowest BCUT2D eigenvalue weighted by molar-refractivity contribution is 0.498. The summed E-state index contributed by atoms with van der Waals surface area (Å²) in [5.41, 5.74) is 5.20. The van der Waals surface area contributed by atoms with Crippen molar-refractivity contribution in [2.45, 2.75) is 13.3 Å². The zero-order valence-corrected chi connectivity index (χ0v) is 10.0. The molecule has 0 spiro atoms. The van der Waals surface area contributed by atoms with Crippen LogP contribution in [0.5, 0.6) is 0 Å². The minimum atomic E-state index is -1.28. The molecule has 0 radical (unpaired) electrons. The Morgan fingerprint density at radius 3 is 2.58 bits per heavy atom. The fourth-order valence-corrected chi connectivity index (χ4v) is 1.52. The quantitative estimate of drug-likeness (QED) is 0.840. The average Bonchev–Trinajstić information content (AvgIpc) is 2.34. The molecule has 7 heteroatoms. The van der Waals surface area contributed by atoms with Gasteiger partial charge in [-0.05, 0) is 0 Å². The van der Waals surface area contributed by atoms with Crippen molar-refractivity contribution < 1.29 is 13.2 Å². The van der Waals surface area contributed by atoms with Gasteiger partial charge in [0.15, 0.2) is 11.6 Å². The number of rotatable bonds is 3. The fourth-order valence-electron chi connectivity index (χ4n) is 1.52. The van der Waals surface area contributed by atoms with Crippen molar-refractivity contribution in [2.75, 3.05) is 11.1 Å². The van der Waals surface area contributed by atoms with Crippen molar-refractivity contribution in [3.8, 4) is 0 Å². The van der Waals surface area contributed by atoms with Crippen molar-refractivity contribution in [3.05, 3.63) is 41.5 Å². The van der Waals surface area contributed by atoms with Gasteiger partial charge in [-0.1, -0.05) is 6.92 Å². The van der Waals surface area contributed by atoms with E-state index in [1.165, 1.54) is 6.07 Å². The summed E-state index contributed by atoms with van der Waals surface area (Å²) in [7, 11) is 0. The Kier molecular flexibility index (Phi) is 3.55. The number of hydrogen-bond acceptors (Lipinski definition) is 4. The van der Waals surface area contributed by atoms with E-state index < -0.39 is 17.5 Å². The van der Waals surface area contributed by atoms with E-state index in [2.05, 4.69) is 15.3 Å². The zero-order chi connectivity index (χ0) is 14.0. The molecule has 2 rings (SSSR count). The second-order valence-electron chi connectivity index (χ2n) is 3.82. The standard InChI is InChI=1S/C12H11F3N4/c1-2-10-18-9(16)5-11(19-10)17-8-4-6(13)3-7(14)12(8)15/h3-5H,2H2,1H3,(H3,16,17,18,19). The summed E-state index contributed by atoms with van der Waals surface area (Å²) in [6.07, 6.45) is 0.527. The SMILES string of the molecule is CCc1nc(N)cc(Nc2cc(F)cc(F)c2F)n1. The molecular formula is C12H11F3N4. The van der Waals surface area contributed by atoms with E-state index in [1.54, 1.807) is 0 Å². The van der Waals surface area contributed by atoms with Crippen LogP contribution in [-0.4, -0.2) is 9.97 Å². The maximum absolute atomic E-state index is 13.5. The number of aromatic nitrogens is 2. The smallest absolute Gasteiger partial charge is 0.182 e.